The molecule has 0 saturated heterocycles. The number of rotatable bonds is 6. The molecule has 1 unspecified atom stereocenters. The molecule has 0 saturated carbocycles. The summed E-state index contributed by atoms with van der Waals surface area (Å²) in [6, 6.07) is 2.54. The maximum absolute atomic E-state index is 5.74. The van der Waals surface area contributed by atoms with Gasteiger partial charge in [-0.1, -0.05) is 6.92 Å². The highest BCUT2D eigenvalue weighted by molar-refractivity contribution is 7.98. The van der Waals surface area contributed by atoms with Crippen LogP contribution in [0, 0.1) is 0 Å². The van der Waals surface area contributed by atoms with E-state index in [4.69, 9.17) is 5.73 Å². The Morgan fingerprint density at radius 3 is 2.88 bits per heavy atom. The summed E-state index contributed by atoms with van der Waals surface area (Å²) in [5.74, 6) is 1.13. The molecule has 0 bridgehead atoms. The van der Waals surface area contributed by atoms with Gasteiger partial charge < -0.3 is 10.6 Å². The molecule has 2 N–H and O–H groups in total. The smallest absolute Gasteiger partial charge is 0.0598 e. The molecule has 0 aromatic carbocycles. The van der Waals surface area contributed by atoms with Crippen molar-refractivity contribution in [1.82, 2.24) is 4.98 Å². The monoisotopic (exact) mass is 239 g/mol. The number of aromatic nitrogens is 1. The van der Waals surface area contributed by atoms with E-state index in [9.17, 15) is 0 Å². The van der Waals surface area contributed by atoms with Gasteiger partial charge in [0.25, 0.3) is 0 Å². The zero-order valence-electron chi connectivity index (χ0n) is 10.3. The van der Waals surface area contributed by atoms with Crippen LogP contribution in [0.25, 0.3) is 0 Å². The van der Waals surface area contributed by atoms with E-state index < -0.39 is 0 Å². The van der Waals surface area contributed by atoms with Gasteiger partial charge in [0.15, 0.2) is 0 Å². The Hall–Kier alpha value is -0.740. The van der Waals surface area contributed by atoms with E-state index in [2.05, 4.69) is 30.1 Å². The maximum atomic E-state index is 5.74. The maximum Gasteiger partial charge on any atom is 0.0598 e. The second-order valence-corrected chi connectivity index (χ2v) is 4.75. The first kappa shape index (κ1) is 13.3. The Kier molecular flexibility index (Phi) is 5.63. The van der Waals surface area contributed by atoms with Crippen LogP contribution < -0.4 is 10.6 Å². The average Bonchev–Trinajstić information content (AvgIpc) is 2.35. The molecule has 1 aromatic rings. The van der Waals surface area contributed by atoms with Gasteiger partial charge in [0.1, 0.15) is 0 Å². The lowest BCUT2D eigenvalue weighted by Gasteiger charge is -2.30. The van der Waals surface area contributed by atoms with E-state index in [1.54, 1.807) is 6.20 Å². The third kappa shape index (κ3) is 3.12. The number of thioether (sulfide) groups is 1. The summed E-state index contributed by atoms with van der Waals surface area (Å²) in [4.78, 5) is 6.48. The lowest BCUT2D eigenvalue weighted by molar-refractivity contribution is 0.669. The average molecular weight is 239 g/mol. The molecule has 0 aliphatic rings. The second kappa shape index (κ2) is 6.76. The van der Waals surface area contributed by atoms with Crippen LogP contribution in [-0.4, -0.2) is 30.1 Å². The van der Waals surface area contributed by atoms with Crippen molar-refractivity contribution >= 4 is 17.4 Å². The summed E-state index contributed by atoms with van der Waals surface area (Å²) in [5, 5.41) is 0. The molecule has 3 nitrogen and oxygen atoms in total. The predicted molar refractivity (Wildman–Crippen MR) is 73.0 cm³/mol. The quantitative estimate of drug-likeness (QED) is 0.825. The fraction of sp³-hybridized carbons (Fsp3) is 0.583. The Bertz CT molecular complexity index is 317. The van der Waals surface area contributed by atoms with Gasteiger partial charge in [0, 0.05) is 31.6 Å². The molecule has 90 valence electrons. The summed E-state index contributed by atoms with van der Waals surface area (Å²) in [7, 11) is 2.13. The lowest BCUT2D eigenvalue weighted by Crippen LogP contribution is -2.34. The fourth-order valence-electron chi connectivity index (χ4n) is 1.80. The van der Waals surface area contributed by atoms with Crippen molar-refractivity contribution in [1.29, 1.82) is 0 Å². The zero-order chi connectivity index (χ0) is 12.0. The molecular formula is C12H21N3S. The molecule has 0 fully saturated rings. The third-order valence-electron chi connectivity index (χ3n) is 2.87. The fourth-order valence-corrected chi connectivity index (χ4v) is 2.64. The van der Waals surface area contributed by atoms with Gasteiger partial charge in [-0.2, -0.15) is 11.8 Å². The van der Waals surface area contributed by atoms with Crippen molar-refractivity contribution in [2.24, 2.45) is 5.73 Å². The number of hydrogen-bond acceptors (Lipinski definition) is 4. The van der Waals surface area contributed by atoms with Gasteiger partial charge >= 0.3 is 0 Å². The Morgan fingerprint density at radius 1 is 1.56 bits per heavy atom. The van der Waals surface area contributed by atoms with E-state index in [1.807, 2.05) is 24.0 Å². The molecule has 1 rings (SSSR count). The van der Waals surface area contributed by atoms with Crippen LogP contribution in [0.2, 0.25) is 0 Å². The van der Waals surface area contributed by atoms with Gasteiger partial charge in [0.2, 0.25) is 0 Å². The molecular weight excluding hydrogens is 218 g/mol. The Morgan fingerprint density at radius 2 is 2.31 bits per heavy atom. The standard InChI is InChI=1S/C12H21N3S/c1-4-11(9-16-3)15(2)12-8-14-6-5-10(12)7-13/h5-6,8,11H,4,7,9,13H2,1-3H3. The van der Waals surface area contributed by atoms with E-state index in [0.29, 0.717) is 12.6 Å². The normalized spacial score (nSPS) is 12.5. The second-order valence-electron chi connectivity index (χ2n) is 3.84. The number of anilines is 1. The largest absolute Gasteiger partial charge is 0.369 e. The zero-order valence-corrected chi connectivity index (χ0v) is 11.1. The van der Waals surface area contributed by atoms with Gasteiger partial charge in [-0.25, -0.2) is 0 Å². The van der Waals surface area contributed by atoms with E-state index in [-0.39, 0.29) is 0 Å². The number of nitrogens with zero attached hydrogens (tertiary/aromatic N) is 2. The van der Waals surface area contributed by atoms with Crippen molar-refractivity contribution in [2.45, 2.75) is 25.9 Å². The van der Waals surface area contributed by atoms with Crippen molar-refractivity contribution in [3.8, 4) is 0 Å². The molecule has 16 heavy (non-hydrogen) atoms. The molecule has 0 radical (unpaired) electrons. The van der Waals surface area contributed by atoms with Crippen molar-refractivity contribution < 1.29 is 0 Å². The van der Waals surface area contributed by atoms with E-state index in [1.165, 1.54) is 0 Å². The van der Waals surface area contributed by atoms with Crippen LogP contribution in [0.3, 0.4) is 0 Å². The summed E-state index contributed by atoms with van der Waals surface area (Å²) < 4.78 is 0. The minimum Gasteiger partial charge on any atom is -0.369 e. The van der Waals surface area contributed by atoms with Crippen molar-refractivity contribution in [3.63, 3.8) is 0 Å². The highest BCUT2D eigenvalue weighted by Gasteiger charge is 2.15. The van der Waals surface area contributed by atoms with Crippen LogP contribution in [-0.2, 0) is 6.54 Å². The van der Waals surface area contributed by atoms with Crippen molar-refractivity contribution in [3.05, 3.63) is 24.0 Å². The summed E-state index contributed by atoms with van der Waals surface area (Å²) in [6.45, 7) is 2.79. The van der Waals surface area contributed by atoms with Crippen molar-refractivity contribution in [2.75, 3.05) is 24.0 Å². The number of pyridine rings is 1. The lowest BCUT2D eigenvalue weighted by atomic mass is 10.1. The van der Waals surface area contributed by atoms with Crippen LogP contribution in [0.15, 0.2) is 18.5 Å². The Labute approximate surface area is 102 Å². The highest BCUT2D eigenvalue weighted by atomic mass is 32.2. The Balaban J connectivity index is 2.88. The molecule has 1 aromatic heterocycles. The molecule has 0 amide bonds. The SMILES string of the molecule is CCC(CSC)N(C)c1cnccc1CN. The first-order valence-corrected chi connectivity index (χ1v) is 6.98. The molecule has 1 atom stereocenters. The van der Waals surface area contributed by atoms with E-state index in [0.717, 1.165) is 23.4 Å². The first-order chi connectivity index (χ1) is 7.74. The van der Waals surface area contributed by atoms with Crippen LogP contribution in [0.1, 0.15) is 18.9 Å². The molecule has 4 heteroatoms. The minimum atomic E-state index is 0.546. The predicted octanol–water partition coefficient (Wildman–Crippen LogP) is 2.12. The van der Waals surface area contributed by atoms with Gasteiger partial charge in [-0.15, -0.1) is 0 Å². The first-order valence-electron chi connectivity index (χ1n) is 5.59. The van der Waals surface area contributed by atoms with Gasteiger partial charge in [-0.3, -0.25) is 4.98 Å². The van der Waals surface area contributed by atoms with Crippen LogP contribution >= 0.6 is 11.8 Å². The number of nitrogens with two attached hydrogens (primary N) is 1. The topological polar surface area (TPSA) is 42.2 Å². The highest BCUT2D eigenvalue weighted by Crippen LogP contribution is 2.21. The summed E-state index contributed by atoms with van der Waals surface area (Å²) >= 11 is 1.88. The summed E-state index contributed by atoms with van der Waals surface area (Å²) in [5.41, 5.74) is 8.07. The van der Waals surface area contributed by atoms with E-state index >= 15 is 0 Å². The molecule has 0 spiro atoms. The minimum absolute atomic E-state index is 0.546. The molecule has 0 aliphatic carbocycles. The molecule has 0 aliphatic heterocycles. The van der Waals surface area contributed by atoms with Crippen LogP contribution in [0.5, 0.6) is 0 Å². The summed E-state index contributed by atoms with van der Waals surface area (Å²) in [6.07, 6.45) is 6.99. The third-order valence-corrected chi connectivity index (χ3v) is 3.58. The van der Waals surface area contributed by atoms with Gasteiger partial charge in [0.05, 0.1) is 11.9 Å². The van der Waals surface area contributed by atoms with Crippen LogP contribution in [0.4, 0.5) is 5.69 Å². The van der Waals surface area contributed by atoms with Gasteiger partial charge in [-0.05, 0) is 24.3 Å². The number of hydrogen-bond donors (Lipinski definition) is 1. The molecule has 1 heterocycles.